The molecule has 11 heavy (non-hydrogen) atoms. The summed E-state index contributed by atoms with van der Waals surface area (Å²) in [7, 11) is 0. The Hall–Kier alpha value is -0.180. The maximum atomic E-state index is 12.4. The van der Waals surface area contributed by atoms with Gasteiger partial charge in [0.05, 0.1) is 0 Å². The predicted octanol–water partition coefficient (Wildman–Crippen LogP) is 2.30. The highest BCUT2D eigenvalue weighted by atomic mass is 19.3. The van der Waals surface area contributed by atoms with Gasteiger partial charge in [-0.2, -0.15) is 0 Å². The van der Waals surface area contributed by atoms with Gasteiger partial charge in [0.1, 0.15) is 0 Å². The Morgan fingerprint density at radius 1 is 1.36 bits per heavy atom. The molecule has 0 amide bonds. The van der Waals surface area contributed by atoms with Crippen LogP contribution in [-0.4, -0.2) is 11.5 Å². The number of unbranched alkanes of at least 4 members (excludes halogenated alkanes) is 1. The second kappa shape index (κ2) is 2.70. The quantitative estimate of drug-likeness (QED) is 0.678. The van der Waals surface area contributed by atoms with E-state index in [0.717, 1.165) is 19.3 Å². The molecule has 0 bridgehead atoms. The van der Waals surface area contributed by atoms with Crippen LogP contribution in [-0.2, 0) is 0 Å². The van der Waals surface area contributed by atoms with Crippen LogP contribution in [0.25, 0.3) is 0 Å². The van der Waals surface area contributed by atoms with Crippen LogP contribution in [0.4, 0.5) is 8.78 Å². The molecule has 1 aliphatic carbocycles. The summed E-state index contributed by atoms with van der Waals surface area (Å²) in [5.41, 5.74) is 5.14. The number of rotatable bonds is 3. The average Bonchev–Trinajstić information content (AvgIpc) is 1.79. The van der Waals surface area contributed by atoms with Crippen molar-refractivity contribution < 1.29 is 8.78 Å². The number of nitrogens with two attached hydrogens (primary N) is 1. The molecule has 0 aromatic carbocycles. The van der Waals surface area contributed by atoms with Crippen LogP contribution in [0, 0.1) is 0 Å². The van der Waals surface area contributed by atoms with E-state index in [2.05, 4.69) is 0 Å². The highest BCUT2D eigenvalue weighted by Gasteiger charge is 2.53. The van der Waals surface area contributed by atoms with E-state index >= 15 is 0 Å². The van der Waals surface area contributed by atoms with E-state index in [0.29, 0.717) is 0 Å². The SMILES string of the molecule is CCCCC1(N)CC(F)(F)C1. The lowest BCUT2D eigenvalue weighted by Gasteiger charge is -2.44. The first-order valence-corrected chi connectivity index (χ1v) is 4.14. The molecule has 0 aromatic heterocycles. The summed E-state index contributed by atoms with van der Waals surface area (Å²) >= 11 is 0. The second-order valence-corrected chi connectivity index (χ2v) is 3.68. The van der Waals surface area contributed by atoms with Gasteiger partial charge in [0.25, 0.3) is 5.92 Å². The van der Waals surface area contributed by atoms with Crippen LogP contribution in [0.2, 0.25) is 0 Å². The zero-order valence-corrected chi connectivity index (χ0v) is 6.87. The molecule has 1 fully saturated rings. The molecule has 0 aromatic rings. The molecule has 3 heteroatoms. The molecule has 0 unspecified atom stereocenters. The van der Waals surface area contributed by atoms with E-state index in [1.165, 1.54) is 0 Å². The normalized spacial score (nSPS) is 26.2. The zero-order chi connectivity index (χ0) is 8.54. The lowest BCUT2D eigenvalue weighted by Crippen LogP contribution is -2.58. The average molecular weight is 163 g/mol. The van der Waals surface area contributed by atoms with Crippen molar-refractivity contribution in [2.24, 2.45) is 5.73 Å². The Morgan fingerprint density at radius 3 is 2.27 bits per heavy atom. The van der Waals surface area contributed by atoms with Gasteiger partial charge in [0.15, 0.2) is 0 Å². The largest absolute Gasteiger partial charge is 0.325 e. The fourth-order valence-corrected chi connectivity index (χ4v) is 1.68. The van der Waals surface area contributed by atoms with Gasteiger partial charge in [-0.1, -0.05) is 19.8 Å². The van der Waals surface area contributed by atoms with Gasteiger partial charge >= 0.3 is 0 Å². The highest BCUT2D eigenvalue weighted by Crippen LogP contribution is 2.46. The number of hydrogen-bond donors (Lipinski definition) is 1. The minimum absolute atomic E-state index is 0.111. The Balaban J connectivity index is 2.25. The topological polar surface area (TPSA) is 26.0 Å². The molecule has 0 saturated heterocycles. The van der Waals surface area contributed by atoms with Crippen LogP contribution >= 0.6 is 0 Å². The number of halogens is 2. The molecule has 2 N–H and O–H groups in total. The smallest absolute Gasteiger partial charge is 0.251 e. The first-order chi connectivity index (χ1) is 4.97. The molecule has 0 radical (unpaired) electrons. The third-order valence-corrected chi connectivity index (χ3v) is 2.25. The van der Waals surface area contributed by atoms with Gasteiger partial charge in [0, 0.05) is 18.4 Å². The van der Waals surface area contributed by atoms with Crippen LogP contribution < -0.4 is 5.73 Å². The molecule has 66 valence electrons. The molecular weight excluding hydrogens is 148 g/mol. The second-order valence-electron chi connectivity index (χ2n) is 3.68. The third-order valence-electron chi connectivity index (χ3n) is 2.25. The maximum Gasteiger partial charge on any atom is 0.251 e. The van der Waals surface area contributed by atoms with E-state index < -0.39 is 11.5 Å². The Morgan fingerprint density at radius 2 is 1.91 bits per heavy atom. The lowest BCUT2D eigenvalue weighted by atomic mass is 9.71. The van der Waals surface area contributed by atoms with E-state index in [-0.39, 0.29) is 12.8 Å². The van der Waals surface area contributed by atoms with Gasteiger partial charge in [-0.15, -0.1) is 0 Å². The first kappa shape index (κ1) is 8.91. The Bertz CT molecular complexity index is 137. The summed E-state index contributed by atoms with van der Waals surface area (Å²) in [6, 6.07) is 0. The van der Waals surface area contributed by atoms with Crippen molar-refractivity contribution in [3.05, 3.63) is 0 Å². The molecule has 0 aliphatic heterocycles. The van der Waals surface area contributed by atoms with Gasteiger partial charge < -0.3 is 5.73 Å². The minimum atomic E-state index is -2.47. The molecule has 0 heterocycles. The van der Waals surface area contributed by atoms with Crippen molar-refractivity contribution in [3.8, 4) is 0 Å². The Kier molecular flexibility index (Phi) is 2.19. The summed E-state index contributed by atoms with van der Waals surface area (Å²) in [5.74, 6) is -2.47. The zero-order valence-electron chi connectivity index (χ0n) is 6.87. The van der Waals surface area contributed by atoms with Gasteiger partial charge in [0.2, 0.25) is 0 Å². The van der Waals surface area contributed by atoms with E-state index in [9.17, 15) is 8.78 Å². The van der Waals surface area contributed by atoms with Crippen LogP contribution in [0.1, 0.15) is 39.0 Å². The molecule has 1 nitrogen and oxygen atoms in total. The van der Waals surface area contributed by atoms with Crippen molar-refractivity contribution in [1.82, 2.24) is 0 Å². The number of hydrogen-bond acceptors (Lipinski definition) is 1. The molecule has 1 rings (SSSR count). The molecule has 0 atom stereocenters. The summed E-state index contributed by atoms with van der Waals surface area (Å²) in [5, 5.41) is 0. The van der Waals surface area contributed by atoms with E-state index in [1.54, 1.807) is 0 Å². The fraction of sp³-hybridized carbons (Fsp3) is 1.00. The molecule has 0 spiro atoms. The van der Waals surface area contributed by atoms with Crippen LogP contribution in [0.3, 0.4) is 0 Å². The van der Waals surface area contributed by atoms with Gasteiger partial charge in [-0.05, 0) is 6.42 Å². The van der Waals surface area contributed by atoms with Gasteiger partial charge in [-0.25, -0.2) is 8.78 Å². The van der Waals surface area contributed by atoms with Crippen molar-refractivity contribution in [2.45, 2.75) is 50.5 Å². The fourth-order valence-electron chi connectivity index (χ4n) is 1.68. The van der Waals surface area contributed by atoms with E-state index in [4.69, 9.17) is 5.73 Å². The standard InChI is InChI=1S/C8H15F2N/c1-2-3-4-7(11)5-8(9,10)6-7/h2-6,11H2,1H3. The summed E-state index contributed by atoms with van der Waals surface area (Å²) in [4.78, 5) is 0. The van der Waals surface area contributed by atoms with Crippen molar-refractivity contribution in [3.63, 3.8) is 0 Å². The highest BCUT2D eigenvalue weighted by molar-refractivity contribution is 5.03. The maximum absolute atomic E-state index is 12.4. The number of alkyl halides is 2. The van der Waals surface area contributed by atoms with Crippen molar-refractivity contribution in [1.29, 1.82) is 0 Å². The van der Waals surface area contributed by atoms with E-state index in [1.807, 2.05) is 6.92 Å². The monoisotopic (exact) mass is 163 g/mol. The summed E-state index contributed by atoms with van der Waals surface area (Å²) in [6.45, 7) is 2.04. The van der Waals surface area contributed by atoms with Crippen LogP contribution in [0.5, 0.6) is 0 Å². The Labute approximate surface area is 66.0 Å². The molecule has 1 aliphatic rings. The predicted molar refractivity (Wildman–Crippen MR) is 40.6 cm³/mol. The molecule has 1 saturated carbocycles. The lowest BCUT2D eigenvalue weighted by molar-refractivity contribution is -0.124. The first-order valence-electron chi connectivity index (χ1n) is 4.14. The van der Waals surface area contributed by atoms with Crippen molar-refractivity contribution in [2.75, 3.05) is 0 Å². The summed E-state index contributed by atoms with van der Waals surface area (Å²) < 4.78 is 24.8. The summed E-state index contributed by atoms with van der Waals surface area (Å²) in [6.07, 6.45) is 2.52. The molecular formula is C8H15F2N. The van der Waals surface area contributed by atoms with Gasteiger partial charge in [-0.3, -0.25) is 0 Å². The third kappa shape index (κ3) is 2.12. The minimum Gasteiger partial charge on any atom is -0.325 e. The van der Waals surface area contributed by atoms with Crippen molar-refractivity contribution >= 4 is 0 Å². The van der Waals surface area contributed by atoms with Crippen LogP contribution in [0.15, 0.2) is 0 Å².